The summed E-state index contributed by atoms with van der Waals surface area (Å²) in [5.41, 5.74) is 0.444. The molecule has 0 spiro atoms. The second-order valence-corrected chi connectivity index (χ2v) is 6.46. The molecule has 0 atom stereocenters. The largest absolute Gasteiger partial charge is 0.492 e. The van der Waals surface area contributed by atoms with Gasteiger partial charge in [0.1, 0.15) is 12.4 Å². The van der Waals surface area contributed by atoms with Crippen LogP contribution >= 0.6 is 11.6 Å². The van der Waals surface area contributed by atoms with E-state index in [1.165, 1.54) is 0 Å². The van der Waals surface area contributed by atoms with Crippen LogP contribution in [0.15, 0.2) is 54.6 Å². The van der Waals surface area contributed by atoms with Crippen LogP contribution in [0.5, 0.6) is 5.75 Å². The van der Waals surface area contributed by atoms with E-state index in [9.17, 15) is 4.79 Å². The van der Waals surface area contributed by atoms with Crippen molar-refractivity contribution in [2.24, 2.45) is 0 Å². The second kappa shape index (κ2) is 7.51. The first-order chi connectivity index (χ1) is 10.9. The fraction of sp³-hybridized carbons (Fsp3) is 0.316. The van der Waals surface area contributed by atoms with Gasteiger partial charge in [-0.2, -0.15) is 0 Å². The number of amides is 1. The number of hydrogen-bond donors (Lipinski definition) is 0. The van der Waals surface area contributed by atoms with Gasteiger partial charge in [-0.15, -0.1) is 0 Å². The number of carbonyl (C=O) groups is 1. The molecule has 0 unspecified atom stereocenters. The number of carbonyl (C=O) groups excluding carboxylic acids is 1. The second-order valence-electron chi connectivity index (χ2n) is 6.02. The van der Waals surface area contributed by atoms with Crippen LogP contribution < -0.4 is 4.74 Å². The van der Waals surface area contributed by atoms with Crippen molar-refractivity contribution in [1.29, 1.82) is 0 Å². The van der Waals surface area contributed by atoms with Crippen LogP contribution in [0.3, 0.4) is 0 Å². The monoisotopic (exact) mass is 331 g/mol. The van der Waals surface area contributed by atoms with Gasteiger partial charge in [-0.25, -0.2) is 0 Å². The van der Waals surface area contributed by atoms with Gasteiger partial charge in [-0.05, 0) is 37.6 Å². The lowest BCUT2D eigenvalue weighted by molar-refractivity contribution is -0.135. The Morgan fingerprint density at radius 1 is 1.13 bits per heavy atom. The zero-order chi connectivity index (χ0) is 16.9. The van der Waals surface area contributed by atoms with E-state index in [1.54, 1.807) is 24.1 Å². The molecule has 0 saturated heterocycles. The van der Waals surface area contributed by atoms with Crippen molar-refractivity contribution in [1.82, 2.24) is 4.90 Å². The highest BCUT2D eigenvalue weighted by Gasteiger charge is 2.32. The fourth-order valence-electron chi connectivity index (χ4n) is 2.41. The summed E-state index contributed by atoms with van der Waals surface area (Å²) in [4.78, 5) is 14.4. The Morgan fingerprint density at radius 2 is 1.83 bits per heavy atom. The molecule has 2 aromatic carbocycles. The van der Waals surface area contributed by atoms with Crippen LogP contribution in [0.2, 0.25) is 5.02 Å². The van der Waals surface area contributed by atoms with Crippen molar-refractivity contribution in [3.63, 3.8) is 0 Å². The van der Waals surface area contributed by atoms with Crippen molar-refractivity contribution >= 4 is 17.5 Å². The molecule has 0 saturated carbocycles. The number of halogens is 1. The Hall–Kier alpha value is -2.00. The van der Waals surface area contributed by atoms with Gasteiger partial charge in [-0.3, -0.25) is 4.79 Å². The minimum atomic E-state index is -0.563. The predicted molar refractivity (Wildman–Crippen MR) is 94.1 cm³/mol. The summed E-state index contributed by atoms with van der Waals surface area (Å²) in [6.07, 6.45) is 0. The minimum Gasteiger partial charge on any atom is -0.492 e. The third-order valence-corrected chi connectivity index (χ3v) is 4.10. The Bertz CT molecular complexity index is 655. The predicted octanol–water partition coefficient (Wildman–Crippen LogP) is 4.16. The Morgan fingerprint density at radius 3 is 2.48 bits per heavy atom. The fourth-order valence-corrected chi connectivity index (χ4v) is 2.59. The number of nitrogens with zero attached hydrogens (tertiary/aromatic N) is 1. The zero-order valence-electron chi connectivity index (χ0n) is 13.8. The summed E-state index contributed by atoms with van der Waals surface area (Å²) in [7, 11) is 1.80. The average molecular weight is 332 g/mol. The van der Waals surface area contributed by atoms with Crippen LogP contribution in [-0.4, -0.2) is 31.0 Å². The van der Waals surface area contributed by atoms with E-state index in [1.807, 2.05) is 56.3 Å². The van der Waals surface area contributed by atoms with E-state index in [-0.39, 0.29) is 5.91 Å². The van der Waals surface area contributed by atoms with Gasteiger partial charge in [-0.1, -0.05) is 48.0 Å². The molecule has 0 aliphatic heterocycles. The summed E-state index contributed by atoms with van der Waals surface area (Å²) in [5, 5.41) is 0.636. The van der Waals surface area contributed by atoms with Crippen LogP contribution in [-0.2, 0) is 10.2 Å². The summed E-state index contributed by atoms with van der Waals surface area (Å²) >= 11 is 5.92. The van der Waals surface area contributed by atoms with E-state index in [2.05, 4.69) is 0 Å². The highest BCUT2D eigenvalue weighted by molar-refractivity contribution is 6.30. The molecule has 0 N–H and O–H groups in total. The van der Waals surface area contributed by atoms with Crippen molar-refractivity contribution in [2.45, 2.75) is 19.3 Å². The SMILES string of the molecule is CN(CCOc1cccc(Cl)c1)C(=O)C(C)(C)c1ccccc1. The molecule has 3 nitrogen and oxygen atoms in total. The van der Waals surface area contributed by atoms with E-state index < -0.39 is 5.41 Å². The van der Waals surface area contributed by atoms with E-state index >= 15 is 0 Å². The van der Waals surface area contributed by atoms with E-state index in [0.29, 0.717) is 23.9 Å². The molecular weight excluding hydrogens is 310 g/mol. The normalized spacial score (nSPS) is 11.1. The van der Waals surface area contributed by atoms with Gasteiger partial charge in [0, 0.05) is 12.1 Å². The first kappa shape index (κ1) is 17.4. The molecule has 0 aliphatic carbocycles. The van der Waals surface area contributed by atoms with Crippen molar-refractivity contribution in [2.75, 3.05) is 20.2 Å². The van der Waals surface area contributed by atoms with E-state index in [0.717, 1.165) is 5.56 Å². The quantitative estimate of drug-likeness (QED) is 0.795. The molecule has 0 fully saturated rings. The summed E-state index contributed by atoms with van der Waals surface area (Å²) < 4.78 is 5.65. The van der Waals surface area contributed by atoms with Crippen molar-refractivity contribution in [3.8, 4) is 5.75 Å². The van der Waals surface area contributed by atoms with Crippen molar-refractivity contribution < 1.29 is 9.53 Å². The van der Waals surface area contributed by atoms with Gasteiger partial charge < -0.3 is 9.64 Å². The molecule has 122 valence electrons. The summed E-state index contributed by atoms with van der Waals surface area (Å²) in [6.45, 7) is 4.83. The number of likely N-dealkylation sites (N-methyl/N-ethyl adjacent to an activating group) is 1. The molecule has 0 aromatic heterocycles. The average Bonchev–Trinajstić information content (AvgIpc) is 2.55. The number of hydrogen-bond acceptors (Lipinski definition) is 2. The lowest BCUT2D eigenvalue weighted by Crippen LogP contribution is -2.42. The third kappa shape index (κ3) is 4.49. The van der Waals surface area contributed by atoms with Crippen LogP contribution in [0.4, 0.5) is 0 Å². The maximum Gasteiger partial charge on any atom is 0.232 e. The summed E-state index contributed by atoms with van der Waals surface area (Å²) in [5.74, 6) is 0.777. The molecule has 0 bridgehead atoms. The zero-order valence-corrected chi connectivity index (χ0v) is 14.5. The first-order valence-electron chi connectivity index (χ1n) is 7.61. The Balaban J connectivity index is 1.92. The molecular formula is C19H22ClNO2. The lowest BCUT2D eigenvalue weighted by atomic mass is 9.83. The Kier molecular flexibility index (Phi) is 5.67. The lowest BCUT2D eigenvalue weighted by Gasteiger charge is -2.29. The molecule has 0 radical (unpaired) electrons. The van der Waals surface area contributed by atoms with Crippen LogP contribution in [0.1, 0.15) is 19.4 Å². The smallest absolute Gasteiger partial charge is 0.232 e. The summed E-state index contributed by atoms with van der Waals surface area (Å²) in [6, 6.07) is 17.1. The first-order valence-corrected chi connectivity index (χ1v) is 7.98. The molecule has 0 aliphatic rings. The molecule has 2 aromatic rings. The van der Waals surface area contributed by atoms with Gasteiger partial charge in [0.2, 0.25) is 5.91 Å². The van der Waals surface area contributed by atoms with Gasteiger partial charge in [0.15, 0.2) is 0 Å². The van der Waals surface area contributed by atoms with Crippen molar-refractivity contribution in [3.05, 3.63) is 65.2 Å². The molecule has 1 amide bonds. The Labute approximate surface area is 142 Å². The maximum atomic E-state index is 12.7. The molecule has 23 heavy (non-hydrogen) atoms. The van der Waals surface area contributed by atoms with Gasteiger partial charge in [0.25, 0.3) is 0 Å². The third-order valence-electron chi connectivity index (χ3n) is 3.87. The van der Waals surface area contributed by atoms with Crippen LogP contribution in [0, 0.1) is 0 Å². The topological polar surface area (TPSA) is 29.5 Å². The molecule has 2 rings (SSSR count). The molecule has 0 heterocycles. The highest BCUT2D eigenvalue weighted by Crippen LogP contribution is 2.25. The molecule has 4 heteroatoms. The van der Waals surface area contributed by atoms with Crippen LogP contribution in [0.25, 0.3) is 0 Å². The maximum absolute atomic E-state index is 12.7. The van der Waals surface area contributed by atoms with Gasteiger partial charge >= 0.3 is 0 Å². The standard InChI is InChI=1S/C19H22ClNO2/c1-19(2,15-8-5-4-6-9-15)18(22)21(3)12-13-23-17-11-7-10-16(20)14-17/h4-11,14H,12-13H2,1-3H3. The van der Waals surface area contributed by atoms with Gasteiger partial charge in [0.05, 0.1) is 12.0 Å². The number of ether oxygens (including phenoxy) is 1. The van der Waals surface area contributed by atoms with E-state index in [4.69, 9.17) is 16.3 Å². The number of rotatable bonds is 6. The minimum absolute atomic E-state index is 0.0680. The number of benzene rings is 2. The highest BCUT2D eigenvalue weighted by atomic mass is 35.5.